The zero-order chi connectivity index (χ0) is 19.3. The van der Waals surface area contributed by atoms with Crippen LogP contribution in [0.4, 0.5) is 0 Å². The number of benzene rings is 5. The van der Waals surface area contributed by atoms with Crippen molar-refractivity contribution < 1.29 is 0 Å². The minimum absolute atomic E-state index is 1.26. The first-order chi connectivity index (χ1) is 13.9. The van der Waals surface area contributed by atoms with Crippen molar-refractivity contribution in [2.75, 3.05) is 0 Å². The SMILES string of the molecule is CC.c1ccc(-c2c3ccccc3c(-c3ccccc3)c3ccccc23)cc1. The molecule has 0 fully saturated rings. The molecular weight excluding hydrogens is 336 g/mol. The Bertz CT molecular complexity index is 1050. The lowest BCUT2D eigenvalue weighted by molar-refractivity contribution is 1.50. The van der Waals surface area contributed by atoms with E-state index in [4.69, 9.17) is 0 Å². The Morgan fingerprint density at radius 1 is 0.321 bits per heavy atom. The van der Waals surface area contributed by atoms with Crippen LogP contribution in [0.2, 0.25) is 0 Å². The molecule has 5 aromatic carbocycles. The molecule has 0 amide bonds. The van der Waals surface area contributed by atoms with Gasteiger partial charge >= 0.3 is 0 Å². The van der Waals surface area contributed by atoms with Crippen molar-refractivity contribution in [3.05, 3.63) is 109 Å². The summed E-state index contributed by atoms with van der Waals surface area (Å²) in [6.07, 6.45) is 0. The van der Waals surface area contributed by atoms with Gasteiger partial charge in [0.25, 0.3) is 0 Å². The highest BCUT2D eigenvalue weighted by atomic mass is 14.2. The fourth-order valence-corrected chi connectivity index (χ4v) is 3.96. The van der Waals surface area contributed by atoms with E-state index in [1.54, 1.807) is 0 Å². The van der Waals surface area contributed by atoms with Crippen molar-refractivity contribution in [2.45, 2.75) is 13.8 Å². The molecule has 0 heteroatoms. The lowest BCUT2D eigenvalue weighted by atomic mass is 9.86. The van der Waals surface area contributed by atoms with Crippen LogP contribution in [0.1, 0.15) is 13.8 Å². The molecule has 5 rings (SSSR count). The minimum Gasteiger partial charge on any atom is -0.0683 e. The standard InChI is InChI=1S/C26H18.C2H6/c1-3-11-19(12-4-1)25-21-15-7-9-17-23(21)26(20-13-5-2-6-14-20)24-18-10-8-16-22(24)25;1-2/h1-18H;1-2H3. The number of fused-ring (bicyclic) bond motifs is 2. The van der Waals surface area contributed by atoms with E-state index in [1.807, 2.05) is 13.8 Å². The molecule has 0 aliphatic heterocycles. The van der Waals surface area contributed by atoms with E-state index in [-0.39, 0.29) is 0 Å². The van der Waals surface area contributed by atoms with Crippen molar-refractivity contribution in [1.82, 2.24) is 0 Å². The second-order valence-corrected chi connectivity index (χ2v) is 6.57. The quantitative estimate of drug-likeness (QED) is 0.277. The molecule has 0 spiro atoms. The van der Waals surface area contributed by atoms with Crippen LogP contribution in [0.15, 0.2) is 109 Å². The van der Waals surface area contributed by atoms with Crippen molar-refractivity contribution in [3.63, 3.8) is 0 Å². The second-order valence-electron chi connectivity index (χ2n) is 6.57. The maximum Gasteiger partial charge on any atom is -0.00264 e. The molecule has 0 aliphatic carbocycles. The molecule has 28 heavy (non-hydrogen) atoms. The highest BCUT2D eigenvalue weighted by Gasteiger charge is 2.15. The topological polar surface area (TPSA) is 0 Å². The van der Waals surface area contributed by atoms with Crippen LogP contribution in [0.3, 0.4) is 0 Å². The largest absolute Gasteiger partial charge is 0.0683 e. The summed E-state index contributed by atoms with van der Waals surface area (Å²) in [5.41, 5.74) is 5.16. The highest BCUT2D eigenvalue weighted by molar-refractivity contribution is 6.21. The summed E-state index contributed by atoms with van der Waals surface area (Å²) >= 11 is 0. The zero-order valence-corrected chi connectivity index (χ0v) is 16.4. The average molecular weight is 361 g/mol. The molecule has 0 unspecified atom stereocenters. The Morgan fingerprint density at radius 3 is 0.857 bits per heavy atom. The van der Waals surface area contributed by atoms with Gasteiger partial charge in [0.05, 0.1) is 0 Å². The summed E-state index contributed by atoms with van der Waals surface area (Å²) < 4.78 is 0. The van der Waals surface area contributed by atoms with Gasteiger partial charge in [-0.15, -0.1) is 0 Å². The Kier molecular flexibility index (Phi) is 5.21. The van der Waals surface area contributed by atoms with Crippen molar-refractivity contribution in [3.8, 4) is 22.3 Å². The third-order valence-corrected chi connectivity index (χ3v) is 5.06. The van der Waals surface area contributed by atoms with E-state index < -0.39 is 0 Å². The zero-order valence-electron chi connectivity index (χ0n) is 16.4. The van der Waals surface area contributed by atoms with E-state index in [0.717, 1.165) is 0 Å². The number of rotatable bonds is 2. The first-order valence-corrected chi connectivity index (χ1v) is 9.98. The lowest BCUT2D eigenvalue weighted by Gasteiger charge is -2.17. The molecule has 0 aliphatic rings. The van der Waals surface area contributed by atoms with Gasteiger partial charge in [-0.1, -0.05) is 123 Å². The second kappa shape index (κ2) is 8.10. The smallest absolute Gasteiger partial charge is 0.00264 e. The Balaban J connectivity index is 0.000000932. The summed E-state index contributed by atoms with van der Waals surface area (Å²) in [6.45, 7) is 4.00. The van der Waals surface area contributed by atoms with Gasteiger partial charge in [-0.3, -0.25) is 0 Å². The minimum atomic E-state index is 1.26. The van der Waals surface area contributed by atoms with E-state index in [2.05, 4.69) is 109 Å². The van der Waals surface area contributed by atoms with Crippen LogP contribution >= 0.6 is 0 Å². The number of hydrogen-bond acceptors (Lipinski definition) is 0. The molecule has 0 saturated heterocycles. The van der Waals surface area contributed by atoms with Crippen LogP contribution in [0.5, 0.6) is 0 Å². The molecule has 5 aromatic rings. The molecule has 0 radical (unpaired) electrons. The Labute approximate surface area is 167 Å². The molecule has 0 atom stereocenters. The van der Waals surface area contributed by atoms with E-state index in [9.17, 15) is 0 Å². The van der Waals surface area contributed by atoms with E-state index in [1.165, 1.54) is 43.8 Å². The van der Waals surface area contributed by atoms with Gasteiger partial charge in [0.1, 0.15) is 0 Å². The number of hydrogen-bond donors (Lipinski definition) is 0. The fourth-order valence-electron chi connectivity index (χ4n) is 3.96. The molecule has 0 nitrogen and oxygen atoms in total. The summed E-state index contributed by atoms with van der Waals surface area (Å²) in [5, 5.41) is 5.21. The Hall–Kier alpha value is -3.38. The van der Waals surface area contributed by atoms with Crippen LogP contribution in [-0.2, 0) is 0 Å². The summed E-state index contributed by atoms with van der Waals surface area (Å²) in [5.74, 6) is 0. The molecule has 0 N–H and O–H groups in total. The van der Waals surface area contributed by atoms with Crippen molar-refractivity contribution in [2.24, 2.45) is 0 Å². The molecule has 0 heterocycles. The monoisotopic (exact) mass is 360 g/mol. The van der Waals surface area contributed by atoms with Crippen LogP contribution in [0.25, 0.3) is 43.8 Å². The van der Waals surface area contributed by atoms with Gasteiger partial charge in [0.15, 0.2) is 0 Å². The summed E-state index contributed by atoms with van der Waals surface area (Å²) in [7, 11) is 0. The first kappa shape index (κ1) is 18.0. The van der Waals surface area contributed by atoms with Gasteiger partial charge in [-0.05, 0) is 43.8 Å². The third-order valence-electron chi connectivity index (χ3n) is 5.06. The van der Waals surface area contributed by atoms with Gasteiger partial charge in [-0.2, -0.15) is 0 Å². The maximum atomic E-state index is 2.25. The van der Waals surface area contributed by atoms with Crippen molar-refractivity contribution in [1.29, 1.82) is 0 Å². The molecule has 0 bridgehead atoms. The molecule has 0 saturated carbocycles. The Morgan fingerprint density at radius 2 is 0.571 bits per heavy atom. The predicted molar refractivity (Wildman–Crippen MR) is 124 cm³/mol. The normalized spacial score (nSPS) is 10.5. The predicted octanol–water partition coefficient (Wildman–Crippen LogP) is 8.35. The summed E-state index contributed by atoms with van der Waals surface area (Å²) in [4.78, 5) is 0. The van der Waals surface area contributed by atoms with E-state index in [0.29, 0.717) is 0 Å². The van der Waals surface area contributed by atoms with Crippen molar-refractivity contribution >= 4 is 21.5 Å². The third kappa shape index (κ3) is 3.08. The first-order valence-electron chi connectivity index (χ1n) is 9.98. The van der Waals surface area contributed by atoms with Gasteiger partial charge < -0.3 is 0 Å². The van der Waals surface area contributed by atoms with E-state index >= 15 is 0 Å². The molecule has 0 aromatic heterocycles. The van der Waals surface area contributed by atoms with Gasteiger partial charge in [0, 0.05) is 0 Å². The van der Waals surface area contributed by atoms with Crippen LogP contribution in [0, 0.1) is 0 Å². The molecule has 136 valence electrons. The van der Waals surface area contributed by atoms with Gasteiger partial charge in [-0.25, -0.2) is 0 Å². The van der Waals surface area contributed by atoms with Crippen LogP contribution < -0.4 is 0 Å². The fraction of sp³-hybridized carbons (Fsp3) is 0.0714. The highest BCUT2D eigenvalue weighted by Crippen LogP contribution is 2.43. The lowest BCUT2D eigenvalue weighted by Crippen LogP contribution is -1.90. The molecular formula is C28H24. The van der Waals surface area contributed by atoms with Crippen LogP contribution in [-0.4, -0.2) is 0 Å². The summed E-state index contributed by atoms with van der Waals surface area (Å²) in [6, 6.07) is 39.0. The average Bonchev–Trinajstić information content (AvgIpc) is 2.80. The maximum absolute atomic E-state index is 2.25. The van der Waals surface area contributed by atoms with Gasteiger partial charge in [0.2, 0.25) is 0 Å².